The van der Waals surface area contributed by atoms with E-state index in [1.807, 2.05) is 55.5 Å². The molecule has 0 saturated heterocycles. The number of rotatable bonds is 12. The van der Waals surface area contributed by atoms with Gasteiger partial charge in [0.05, 0.1) is 11.4 Å². The third-order valence-electron chi connectivity index (χ3n) is 4.14. The van der Waals surface area contributed by atoms with E-state index in [4.69, 9.17) is 26.6 Å². The van der Waals surface area contributed by atoms with Crippen LogP contribution >= 0.6 is 0 Å². The van der Waals surface area contributed by atoms with Gasteiger partial charge in [0.1, 0.15) is 17.3 Å². The number of nitrogens with one attached hydrogen (secondary N) is 1. The lowest BCUT2D eigenvalue weighted by atomic mass is 10.1. The number of benzene rings is 1. The predicted molar refractivity (Wildman–Crippen MR) is 138 cm³/mol. The van der Waals surface area contributed by atoms with Crippen LogP contribution in [0.15, 0.2) is 132 Å². The molecular weight excluding hydrogens is 396 g/mol. The molecule has 0 aliphatic rings. The van der Waals surface area contributed by atoms with Crippen LogP contribution in [0.25, 0.3) is 0 Å². The second-order valence-corrected chi connectivity index (χ2v) is 6.65. The molecule has 5 nitrogen and oxygen atoms in total. The van der Waals surface area contributed by atoms with Gasteiger partial charge in [0, 0.05) is 5.57 Å². The molecule has 0 amide bonds. The molecule has 0 saturated carbocycles. The van der Waals surface area contributed by atoms with Gasteiger partial charge in [-0.25, -0.2) is 4.99 Å². The summed E-state index contributed by atoms with van der Waals surface area (Å²) < 4.78 is 5.69. The van der Waals surface area contributed by atoms with E-state index < -0.39 is 0 Å². The summed E-state index contributed by atoms with van der Waals surface area (Å²) >= 11 is 0. The summed E-state index contributed by atoms with van der Waals surface area (Å²) in [6.45, 7) is 15.6. The fourth-order valence-electron chi connectivity index (χ4n) is 2.48. The molecule has 5 heteroatoms. The molecule has 166 valence electrons. The third-order valence-corrected chi connectivity index (χ3v) is 4.14. The van der Waals surface area contributed by atoms with E-state index in [9.17, 15) is 0 Å². The third kappa shape index (κ3) is 8.71. The molecule has 32 heavy (non-hydrogen) atoms. The van der Waals surface area contributed by atoms with Crippen LogP contribution in [-0.4, -0.2) is 11.5 Å². The molecule has 0 fully saturated rings. The number of hydrogen-bond acceptors (Lipinski definition) is 4. The molecule has 0 spiro atoms. The van der Waals surface area contributed by atoms with Crippen molar-refractivity contribution in [2.45, 2.75) is 20.3 Å². The van der Waals surface area contributed by atoms with Crippen LogP contribution < -0.4 is 16.2 Å². The lowest BCUT2D eigenvalue weighted by Crippen LogP contribution is -2.13. The number of amidine groups is 1. The van der Waals surface area contributed by atoms with E-state index in [1.165, 1.54) is 6.20 Å². The van der Waals surface area contributed by atoms with E-state index in [1.54, 1.807) is 31.2 Å². The molecule has 0 radical (unpaired) electrons. The molecule has 0 aromatic heterocycles. The van der Waals surface area contributed by atoms with Gasteiger partial charge in [-0.1, -0.05) is 69.2 Å². The van der Waals surface area contributed by atoms with Crippen molar-refractivity contribution in [3.63, 3.8) is 0 Å². The highest BCUT2D eigenvalue weighted by Gasteiger charge is 2.10. The number of ether oxygens (including phenoxy) is 1. The molecule has 0 bridgehead atoms. The Morgan fingerprint density at radius 2 is 1.81 bits per heavy atom. The van der Waals surface area contributed by atoms with Crippen LogP contribution in [0.5, 0.6) is 5.75 Å². The van der Waals surface area contributed by atoms with Gasteiger partial charge >= 0.3 is 0 Å². The average molecular weight is 429 g/mol. The topological polar surface area (TPSA) is 97.5 Å². The second-order valence-electron chi connectivity index (χ2n) is 6.65. The molecule has 1 aromatic rings. The van der Waals surface area contributed by atoms with E-state index in [2.05, 4.69) is 19.7 Å². The largest absolute Gasteiger partial charge is 0.458 e. The Kier molecular flexibility index (Phi) is 11.3. The monoisotopic (exact) mass is 428 g/mol. The van der Waals surface area contributed by atoms with E-state index in [0.717, 1.165) is 12.0 Å². The highest BCUT2D eigenvalue weighted by molar-refractivity contribution is 6.11. The molecule has 0 heterocycles. The quantitative estimate of drug-likeness (QED) is 0.167. The number of nitrogens with zero attached hydrogens (tertiary/aromatic N) is 1. The molecule has 0 atom stereocenters. The van der Waals surface area contributed by atoms with E-state index in [0.29, 0.717) is 34.1 Å². The van der Waals surface area contributed by atoms with Crippen molar-refractivity contribution in [1.82, 2.24) is 0 Å². The van der Waals surface area contributed by atoms with Crippen LogP contribution in [0.4, 0.5) is 0 Å². The van der Waals surface area contributed by atoms with Gasteiger partial charge in [-0.15, -0.1) is 0 Å². The minimum Gasteiger partial charge on any atom is -0.458 e. The lowest BCUT2D eigenvalue weighted by molar-refractivity contribution is 0.447. The van der Waals surface area contributed by atoms with Crippen molar-refractivity contribution < 1.29 is 4.74 Å². The highest BCUT2D eigenvalue weighted by Crippen LogP contribution is 2.20. The minimum atomic E-state index is -0.105. The van der Waals surface area contributed by atoms with Crippen molar-refractivity contribution in [2.24, 2.45) is 16.5 Å². The first-order valence-corrected chi connectivity index (χ1v) is 10.1. The molecule has 5 N–H and O–H groups in total. The van der Waals surface area contributed by atoms with Crippen LogP contribution in [-0.2, 0) is 0 Å². The minimum absolute atomic E-state index is 0.105. The Bertz CT molecular complexity index is 1020. The van der Waals surface area contributed by atoms with Crippen LogP contribution in [0, 0.1) is 5.41 Å². The van der Waals surface area contributed by atoms with Gasteiger partial charge < -0.3 is 16.2 Å². The zero-order valence-corrected chi connectivity index (χ0v) is 18.8. The molecule has 0 unspecified atom stereocenters. The first kappa shape index (κ1) is 25.9. The maximum absolute atomic E-state index is 7.89. The molecule has 1 aromatic carbocycles. The van der Waals surface area contributed by atoms with Gasteiger partial charge in [0.15, 0.2) is 0 Å². The number of aliphatic imine (C=N–C) groups is 1. The number of para-hydroxylation sites is 1. The average Bonchev–Trinajstić information content (AvgIpc) is 2.78. The fourth-order valence-corrected chi connectivity index (χ4v) is 2.48. The summed E-state index contributed by atoms with van der Waals surface area (Å²) in [6, 6.07) is 9.35. The summed E-state index contributed by atoms with van der Waals surface area (Å²) in [5, 5.41) is 7.89. The normalized spacial score (nSPS) is 13.4. The smallest absolute Gasteiger partial charge is 0.127 e. The molecule has 0 aliphatic carbocycles. The Labute approximate surface area is 191 Å². The first-order chi connectivity index (χ1) is 15.3. The Hall–Kier alpha value is -4.12. The van der Waals surface area contributed by atoms with Crippen molar-refractivity contribution >= 4 is 11.5 Å². The Morgan fingerprint density at radius 3 is 2.38 bits per heavy atom. The Morgan fingerprint density at radius 1 is 1.12 bits per heavy atom. The Balaban J connectivity index is 3.35. The molecule has 1 rings (SSSR count). The van der Waals surface area contributed by atoms with Crippen molar-refractivity contribution in [2.75, 3.05) is 0 Å². The standard InChI is InChI=1S/C27H32N4O/c1-6-8-13-23(12-7-2)25(18-19-28)31-26(22(5)27(29)30)20(3)16-17-21(4)32-24-14-10-9-11-15-24/h7-19H,2-4,6,28H2,1,5H3,(H3,29,30)/b13-8-,17-16-,19-18+,23-12+,26-22+,31-25+. The number of nitrogens with two attached hydrogens (primary N) is 2. The van der Waals surface area contributed by atoms with E-state index >= 15 is 0 Å². The van der Waals surface area contributed by atoms with Gasteiger partial charge in [-0.3, -0.25) is 5.41 Å². The summed E-state index contributed by atoms with van der Waals surface area (Å²) in [5.41, 5.74) is 14.3. The van der Waals surface area contributed by atoms with Gasteiger partial charge in [0.25, 0.3) is 0 Å². The van der Waals surface area contributed by atoms with Crippen LogP contribution in [0.1, 0.15) is 20.3 Å². The fraction of sp³-hybridized carbons (Fsp3) is 0.111. The van der Waals surface area contributed by atoms with Gasteiger partial charge in [-0.05, 0) is 61.1 Å². The van der Waals surface area contributed by atoms with Crippen molar-refractivity contribution in [1.29, 1.82) is 5.41 Å². The number of hydrogen-bond donors (Lipinski definition) is 3. The van der Waals surface area contributed by atoms with Gasteiger partial charge in [0.2, 0.25) is 0 Å². The zero-order valence-electron chi connectivity index (χ0n) is 18.8. The first-order valence-electron chi connectivity index (χ1n) is 10.1. The SMILES string of the molecule is C=C/C=C(\C=C/CC)C(/C=C/N)=N/C(C(=C)/C=C\C(=C)Oc1ccccc1)=C(\C)C(=N)N. The maximum Gasteiger partial charge on any atom is 0.127 e. The maximum atomic E-state index is 7.89. The summed E-state index contributed by atoms with van der Waals surface area (Å²) in [7, 11) is 0. The summed E-state index contributed by atoms with van der Waals surface area (Å²) in [6.07, 6.45) is 14.8. The lowest BCUT2D eigenvalue weighted by Gasteiger charge is -2.11. The van der Waals surface area contributed by atoms with Crippen LogP contribution in [0.3, 0.4) is 0 Å². The summed E-state index contributed by atoms with van der Waals surface area (Å²) in [4.78, 5) is 4.74. The summed E-state index contributed by atoms with van der Waals surface area (Å²) in [5.74, 6) is 1.01. The van der Waals surface area contributed by atoms with E-state index in [-0.39, 0.29) is 5.84 Å². The zero-order chi connectivity index (χ0) is 23.9. The predicted octanol–water partition coefficient (Wildman–Crippen LogP) is 5.89. The molecule has 0 aliphatic heterocycles. The van der Waals surface area contributed by atoms with Gasteiger partial charge in [-0.2, -0.15) is 0 Å². The van der Waals surface area contributed by atoms with Crippen molar-refractivity contribution in [3.8, 4) is 5.75 Å². The molecular formula is C27H32N4O. The van der Waals surface area contributed by atoms with Crippen molar-refractivity contribution in [3.05, 3.63) is 127 Å². The highest BCUT2D eigenvalue weighted by atomic mass is 16.5. The van der Waals surface area contributed by atoms with Crippen LogP contribution in [0.2, 0.25) is 0 Å². The second kappa shape index (κ2) is 14.0. The number of allylic oxidation sites excluding steroid dienone is 8.